The molecule has 77 heavy (non-hydrogen) atoms. The minimum absolute atomic E-state index is 0.692. The van der Waals surface area contributed by atoms with Gasteiger partial charge in [0.25, 0.3) is 0 Å². The molecule has 0 saturated carbocycles. The van der Waals surface area contributed by atoms with Gasteiger partial charge in [0.1, 0.15) is 0 Å². The van der Waals surface area contributed by atoms with E-state index in [1.54, 1.807) is 0 Å². The van der Waals surface area contributed by atoms with Crippen molar-refractivity contribution in [1.82, 2.24) is 19.9 Å². The van der Waals surface area contributed by atoms with E-state index >= 15 is 0 Å². The standard InChI is InChI=1S/C73H46N4/c1-5-21-47(22-6-1)53-31-17-35-57-55(53)33-19-37-61(57)71-74-67-39-15-13-29-63(67)69(76-71)49-41-43-59-60-44-42-50(46-66(60)73(65(59)45-49,51-25-9-3-10-26-51)52-27-11-4-12-28-52)70-64-30-14-16-40-68(64)75-72(77-70)62-38-20-34-56-54(32-18-36-58(56)62)48-23-7-2-8-24-48/h1-46H. The summed E-state index contributed by atoms with van der Waals surface area (Å²) in [5.74, 6) is 1.38. The Morgan fingerprint density at radius 3 is 0.974 bits per heavy atom. The van der Waals surface area contributed by atoms with Crippen molar-refractivity contribution in [1.29, 1.82) is 0 Å². The van der Waals surface area contributed by atoms with Crippen LogP contribution in [0.3, 0.4) is 0 Å². The summed E-state index contributed by atoms with van der Waals surface area (Å²) in [5.41, 5.74) is 18.7. The molecule has 0 unspecified atom stereocenters. The molecule has 2 aromatic heterocycles. The summed E-state index contributed by atoms with van der Waals surface area (Å²) in [6.07, 6.45) is 0. The second-order valence-corrected chi connectivity index (χ2v) is 20.0. The van der Waals surface area contributed by atoms with Gasteiger partial charge in [-0.3, -0.25) is 0 Å². The molecule has 0 radical (unpaired) electrons. The van der Waals surface area contributed by atoms with Crippen molar-refractivity contribution in [3.63, 3.8) is 0 Å². The van der Waals surface area contributed by atoms with Gasteiger partial charge in [-0.1, -0.05) is 255 Å². The molecule has 0 aliphatic heterocycles. The average molecular weight is 979 g/mol. The van der Waals surface area contributed by atoms with Crippen LogP contribution >= 0.6 is 0 Å². The quantitative estimate of drug-likeness (QED) is 0.152. The normalized spacial score (nSPS) is 12.5. The molecule has 0 N–H and O–H groups in total. The zero-order valence-electron chi connectivity index (χ0n) is 41.8. The molecule has 0 bridgehead atoms. The van der Waals surface area contributed by atoms with Crippen LogP contribution in [0, 0.1) is 0 Å². The monoisotopic (exact) mass is 978 g/mol. The topological polar surface area (TPSA) is 51.6 Å². The van der Waals surface area contributed by atoms with Crippen LogP contribution in [0.5, 0.6) is 0 Å². The van der Waals surface area contributed by atoms with Crippen molar-refractivity contribution in [3.8, 4) is 78.7 Å². The van der Waals surface area contributed by atoms with Crippen molar-refractivity contribution < 1.29 is 0 Å². The number of hydrogen-bond donors (Lipinski definition) is 0. The van der Waals surface area contributed by atoms with E-state index in [0.717, 1.165) is 77.0 Å². The maximum atomic E-state index is 5.59. The lowest BCUT2D eigenvalue weighted by Gasteiger charge is -2.34. The Bertz CT molecular complexity index is 4310. The molecular formula is C73H46N4. The Morgan fingerprint density at radius 1 is 0.221 bits per heavy atom. The van der Waals surface area contributed by atoms with Crippen molar-refractivity contribution in [2.45, 2.75) is 5.41 Å². The number of aromatic nitrogens is 4. The first-order valence-corrected chi connectivity index (χ1v) is 26.3. The zero-order valence-corrected chi connectivity index (χ0v) is 41.8. The van der Waals surface area contributed by atoms with Gasteiger partial charge in [-0.2, -0.15) is 0 Å². The molecule has 4 heteroatoms. The average Bonchev–Trinajstić information content (AvgIpc) is 4.07. The Hall–Kier alpha value is -10.2. The SMILES string of the molecule is c1ccc(-c2cccc3c(-c4nc(-c5ccc6c(c5)C(c5ccccc5)(c5ccccc5)c5cc(-c7nc(-c8cccc9c(-c%10ccccc%10)cccc89)nc8ccccc78)ccc5-6)c5ccccc5n4)cccc23)cc1. The van der Waals surface area contributed by atoms with Crippen molar-refractivity contribution >= 4 is 43.4 Å². The van der Waals surface area contributed by atoms with Crippen LogP contribution < -0.4 is 0 Å². The molecule has 0 spiro atoms. The summed E-state index contributed by atoms with van der Waals surface area (Å²) >= 11 is 0. The molecule has 0 amide bonds. The summed E-state index contributed by atoms with van der Waals surface area (Å²) < 4.78 is 0. The molecule has 0 atom stereocenters. The Balaban J connectivity index is 0.937. The van der Waals surface area contributed by atoms with Crippen LogP contribution in [0.1, 0.15) is 22.3 Å². The number of nitrogens with zero attached hydrogens (tertiary/aromatic N) is 4. The fraction of sp³-hybridized carbons (Fsp3) is 0.0137. The van der Waals surface area contributed by atoms with Gasteiger partial charge in [-0.05, 0) is 101 Å². The minimum Gasteiger partial charge on any atom is -0.228 e. The van der Waals surface area contributed by atoms with Gasteiger partial charge in [-0.15, -0.1) is 0 Å². The molecule has 358 valence electrons. The fourth-order valence-electron chi connectivity index (χ4n) is 12.4. The molecule has 14 aromatic rings. The van der Waals surface area contributed by atoms with Crippen molar-refractivity contribution in [2.75, 3.05) is 0 Å². The highest BCUT2D eigenvalue weighted by molar-refractivity contribution is 6.07. The van der Waals surface area contributed by atoms with E-state index < -0.39 is 5.41 Å². The predicted molar refractivity (Wildman–Crippen MR) is 318 cm³/mol. The van der Waals surface area contributed by atoms with E-state index in [1.165, 1.54) is 55.6 Å². The lowest BCUT2D eigenvalue weighted by Crippen LogP contribution is -2.28. The second kappa shape index (κ2) is 18.0. The third-order valence-electron chi connectivity index (χ3n) is 15.8. The number of hydrogen-bond acceptors (Lipinski definition) is 4. The Labute approximate surface area is 446 Å². The highest BCUT2D eigenvalue weighted by Crippen LogP contribution is 2.58. The molecule has 0 saturated heterocycles. The smallest absolute Gasteiger partial charge is 0.161 e. The summed E-state index contributed by atoms with van der Waals surface area (Å²) in [6.45, 7) is 0. The van der Waals surface area contributed by atoms with Gasteiger partial charge in [-0.25, -0.2) is 19.9 Å². The Morgan fingerprint density at radius 2 is 0.558 bits per heavy atom. The third kappa shape index (κ3) is 7.14. The van der Waals surface area contributed by atoms with Crippen LogP contribution in [0.4, 0.5) is 0 Å². The largest absolute Gasteiger partial charge is 0.228 e. The first-order chi connectivity index (χ1) is 38.2. The summed E-state index contributed by atoms with van der Waals surface area (Å²) in [7, 11) is 0. The van der Waals surface area contributed by atoms with Crippen molar-refractivity contribution in [2.24, 2.45) is 0 Å². The van der Waals surface area contributed by atoms with E-state index in [9.17, 15) is 0 Å². The van der Waals surface area contributed by atoms with Gasteiger partial charge >= 0.3 is 0 Å². The van der Waals surface area contributed by atoms with Gasteiger partial charge in [0, 0.05) is 33.0 Å². The van der Waals surface area contributed by atoms with Gasteiger partial charge in [0.2, 0.25) is 0 Å². The van der Waals surface area contributed by atoms with E-state index in [-0.39, 0.29) is 0 Å². The lowest BCUT2D eigenvalue weighted by atomic mass is 9.67. The van der Waals surface area contributed by atoms with Gasteiger partial charge in [0.15, 0.2) is 11.6 Å². The number of rotatable bonds is 8. The first kappa shape index (κ1) is 44.3. The maximum Gasteiger partial charge on any atom is 0.161 e. The molecule has 2 heterocycles. The maximum absolute atomic E-state index is 5.59. The molecule has 12 aromatic carbocycles. The number of para-hydroxylation sites is 2. The molecular weight excluding hydrogens is 933 g/mol. The first-order valence-electron chi connectivity index (χ1n) is 26.3. The molecule has 4 nitrogen and oxygen atoms in total. The van der Waals surface area contributed by atoms with E-state index in [4.69, 9.17) is 19.9 Å². The summed E-state index contributed by atoms with van der Waals surface area (Å²) in [5, 5.41) is 6.55. The van der Waals surface area contributed by atoms with E-state index in [1.807, 2.05) is 0 Å². The third-order valence-corrected chi connectivity index (χ3v) is 15.8. The number of fused-ring (bicyclic) bond motifs is 7. The van der Waals surface area contributed by atoms with Crippen LogP contribution in [0.2, 0.25) is 0 Å². The Kier molecular flexibility index (Phi) is 10.4. The zero-order chi connectivity index (χ0) is 50.9. The van der Waals surface area contributed by atoms with Crippen LogP contribution in [0.15, 0.2) is 279 Å². The molecule has 1 aliphatic carbocycles. The minimum atomic E-state index is -0.719. The molecule has 0 fully saturated rings. The highest BCUT2D eigenvalue weighted by atomic mass is 14.9. The lowest BCUT2D eigenvalue weighted by molar-refractivity contribution is 0.769. The molecule has 1 aliphatic rings. The van der Waals surface area contributed by atoms with Crippen LogP contribution in [-0.2, 0) is 5.41 Å². The van der Waals surface area contributed by atoms with Crippen LogP contribution in [-0.4, -0.2) is 19.9 Å². The van der Waals surface area contributed by atoms with Crippen LogP contribution in [0.25, 0.3) is 122 Å². The summed E-state index contributed by atoms with van der Waals surface area (Å²) in [4.78, 5) is 21.8. The fourth-order valence-corrected chi connectivity index (χ4v) is 12.4. The highest BCUT2D eigenvalue weighted by Gasteiger charge is 2.46. The van der Waals surface area contributed by atoms with E-state index in [2.05, 4.69) is 279 Å². The number of benzene rings is 12. The van der Waals surface area contributed by atoms with E-state index in [0.29, 0.717) is 11.6 Å². The van der Waals surface area contributed by atoms with Crippen molar-refractivity contribution in [3.05, 3.63) is 301 Å². The summed E-state index contributed by atoms with van der Waals surface area (Å²) in [6, 6.07) is 100. The van der Waals surface area contributed by atoms with Gasteiger partial charge in [0.05, 0.1) is 27.8 Å². The van der Waals surface area contributed by atoms with Gasteiger partial charge < -0.3 is 0 Å². The second-order valence-electron chi connectivity index (χ2n) is 20.0. The molecule has 15 rings (SSSR count). The predicted octanol–water partition coefficient (Wildman–Crippen LogP) is 18.2.